The van der Waals surface area contributed by atoms with Crippen molar-refractivity contribution in [1.82, 2.24) is 10.3 Å². The molecule has 1 atom stereocenters. The van der Waals surface area contributed by atoms with Gasteiger partial charge in [0.2, 0.25) is 0 Å². The zero-order valence-corrected chi connectivity index (χ0v) is 13.6. The molecule has 0 spiro atoms. The lowest BCUT2D eigenvalue weighted by Crippen LogP contribution is -2.36. The normalized spacial score (nSPS) is 19.3. The Hall–Kier alpha value is -2.40. The van der Waals surface area contributed by atoms with E-state index in [1.807, 2.05) is 12.1 Å². The fourth-order valence-corrected chi connectivity index (χ4v) is 3.41. The van der Waals surface area contributed by atoms with Gasteiger partial charge in [-0.3, -0.25) is 9.78 Å². The Morgan fingerprint density at radius 1 is 1.25 bits per heavy atom. The maximum atomic E-state index is 12.4. The quantitative estimate of drug-likeness (QED) is 0.935. The molecular formula is C19H21N3O2. The van der Waals surface area contributed by atoms with Gasteiger partial charge in [-0.25, -0.2) is 0 Å². The van der Waals surface area contributed by atoms with Crippen molar-refractivity contribution < 1.29 is 9.53 Å². The van der Waals surface area contributed by atoms with Gasteiger partial charge in [0.1, 0.15) is 5.69 Å². The average Bonchev–Trinajstić information content (AvgIpc) is 2.63. The second-order valence-corrected chi connectivity index (χ2v) is 6.31. The van der Waals surface area contributed by atoms with Crippen LogP contribution in [0.2, 0.25) is 0 Å². The fraction of sp³-hybridized carbons (Fsp3) is 0.368. The lowest BCUT2D eigenvalue weighted by Gasteiger charge is -2.30. The van der Waals surface area contributed by atoms with Gasteiger partial charge in [0, 0.05) is 37.4 Å². The minimum Gasteiger partial charge on any atom is -0.378 e. The summed E-state index contributed by atoms with van der Waals surface area (Å²) < 4.78 is 5.37. The SMILES string of the molecule is O=C(NCC1Cc2ccccc21)c1cc(N2CCOCC2)ccn1. The highest BCUT2D eigenvalue weighted by atomic mass is 16.5. The molecule has 1 aliphatic heterocycles. The van der Waals surface area contributed by atoms with Crippen molar-refractivity contribution in [2.45, 2.75) is 12.3 Å². The molecule has 5 heteroatoms. The highest BCUT2D eigenvalue weighted by Gasteiger charge is 2.25. The van der Waals surface area contributed by atoms with Crippen LogP contribution >= 0.6 is 0 Å². The number of rotatable bonds is 4. The summed E-state index contributed by atoms with van der Waals surface area (Å²) in [7, 11) is 0. The predicted molar refractivity (Wildman–Crippen MR) is 92.5 cm³/mol. The molecule has 2 aromatic rings. The van der Waals surface area contributed by atoms with Crippen LogP contribution in [-0.2, 0) is 11.2 Å². The summed E-state index contributed by atoms with van der Waals surface area (Å²) in [5.74, 6) is 0.321. The Morgan fingerprint density at radius 2 is 2.08 bits per heavy atom. The second-order valence-electron chi connectivity index (χ2n) is 6.31. The number of carbonyl (C=O) groups is 1. The van der Waals surface area contributed by atoms with Gasteiger partial charge < -0.3 is 15.0 Å². The maximum Gasteiger partial charge on any atom is 0.269 e. The van der Waals surface area contributed by atoms with E-state index in [9.17, 15) is 4.79 Å². The van der Waals surface area contributed by atoms with Gasteiger partial charge >= 0.3 is 0 Å². The van der Waals surface area contributed by atoms with Gasteiger partial charge in [-0.15, -0.1) is 0 Å². The van der Waals surface area contributed by atoms with Crippen molar-refractivity contribution >= 4 is 11.6 Å². The Morgan fingerprint density at radius 3 is 2.92 bits per heavy atom. The minimum atomic E-state index is -0.102. The van der Waals surface area contributed by atoms with Crippen LogP contribution in [0.15, 0.2) is 42.6 Å². The third-order valence-corrected chi connectivity index (χ3v) is 4.82. The lowest BCUT2D eigenvalue weighted by atomic mass is 9.77. The van der Waals surface area contributed by atoms with E-state index in [4.69, 9.17) is 4.74 Å². The Kier molecular flexibility index (Phi) is 4.17. The number of ether oxygens (including phenoxy) is 1. The Labute approximate surface area is 141 Å². The molecule has 1 unspecified atom stereocenters. The van der Waals surface area contributed by atoms with E-state index in [2.05, 4.69) is 39.5 Å². The van der Waals surface area contributed by atoms with Gasteiger partial charge in [0.25, 0.3) is 5.91 Å². The molecule has 0 radical (unpaired) electrons. The number of fused-ring (bicyclic) bond motifs is 1. The first kappa shape index (κ1) is 15.1. The molecule has 2 heterocycles. The van der Waals surface area contributed by atoms with Crippen LogP contribution in [0.1, 0.15) is 27.5 Å². The van der Waals surface area contributed by atoms with Crippen molar-refractivity contribution in [2.24, 2.45) is 0 Å². The largest absolute Gasteiger partial charge is 0.378 e. The molecule has 4 rings (SSSR count). The van der Waals surface area contributed by atoms with E-state index in [-0.39, 0.29) is 5.91 Å². The zero-order chi connectivity index (χ0) is 16.4. The van der Waals surface area contributed by atoms with E-state index in [1.54, 1.807) is 6.20 Å². The first-order valence-corrected chi connectivity index (χ1v) is 8.46. The molecule has 5 nitrogen and oxygen atoms in total. The summed E-state index contributed by atoms with van der Waals surface area (Å²) in [5.41, 5.74) is 4.26. The zero-order valence-electron chi connectivity index (χ0n) is 13.6. The average molecular weight is 323 g/mol. The van der Waals surface area contributed by atoms with Crippen LogP contribution < -0.4 is 10.2 Å². The molecule has 1 amide bonds. The molecule has 24 heavy (non-hydrogen) atoms. The van der Waals surface area contributed by atoms with Crippen LogP contribution in [0, 0.1) is 0 Å². The number of aromatic nitrogens is 1. The number of amides is 1. The van der Waals surface area contributed by atoms with Crippen LogP contribution in [-0.4, -0.2) is 43.7 Å². The highest BCUT2D eigenvalue weighted by Crippen LogP contribution is 2.34. The van der Waals surface area contributed by atoms with Crippen molar-refractivity contribution in [3.8, 4) is 0 Å². The van der Waals surface area contributed by atoms with Crippen molar-refractivity contribution in [3.63, 3.8) is 0 Å². The highest BCUT2D eigenvalue weighted by molar-refractivity contribution is 5.93. The number of morpholine rings is 1. The molecule has 0 saturated carbocycles. The lowest BCUT2D eigenvalue weighted by molar-refractivity contribution is 0.0945. The van der Waals surface area contributed by atoms with E-state index >= 15 is 0 Å². The summed E-state index contributed by atoms with van der Waals surface area (Å²) in [5, 5.41) is 3.03. The molecule has 0 bridgehead atoms. The van der Waals surface area contributed by atoms with Crippen LogP contribution in [0.4, 0.5) is 5.69 Å². The summed E-state index contributed by atoms with van der Waals surface area (Å²) >= 11 is 0. The Balaban J connectivity index is 1.38. The molecule has 2 aliphatic rings. The molecule has 124 valence electrons. The van der Waals surface area contributed by atoms with E-state index in [0.717, 1.165) is 38.4 Å². The molecule has 1 aromatic heterocycles. The van der Waals surface area contributed by atoms with Crippen molar-refractivity contribution in [3.05, 3.63) is 59.4 Å². The van der Waals surface area contributed by atoms with Gasteiger partial charge in [0.05, 0.1) is 13.2 Å². The number of hydrogen-bond acceptors (Lipinski definition) is 4. The number of carbonyl (C=O) groups excluding carboxylic acids is 1. The molecule has 1 saturated heterocycles. The third-order valence-electron chi connectivity index (χ3n) is 4.82. The van der Waals surface area contributed by atoms with Crippen LogP contribution in [0.25, 0.3) is 0 Å². The number of nitrogens with one attached hydrogen (secondary N) is 1. The molecular weight excluding hydrogens is 302 g/mol. The van der Waals surface area contributed by atoms with Crippen molar-refractivity contribution in [2.75, 3.05) is 37.7 Å². The summed E-state index contributed by atoms with van der Waals surface area (Å²) in [6.45, 7) is 3.82. The molecule has 1 aliphatic carbocycles. The summed E-state index contributed by atoms with van der Waals surface area (Å²) in [6, 6.07) is 12.2. The Bertz CT molecular complexity index is 741. The monoisotopic (exact) mass is 323 g/mol. The number of benzene rings is 1. The van der Waals surface area contributed by atoms with Gasteiger partial charge in [-0.2, -0.15) is 0 Å². The van der Waals surface area contributed by atoms with Gasteiger partial charge in [0.15, 0.2) is 0 Å². The predicted octanol–water partition coefficient (Wildman–Crippen LogP) is 1.99. The second kappa shape index (κ2) is 6.61. The molecule has 1 fully saturated rings. The van der Waals surface area contributed by atoms with Crippen LogP contribution in [0.5, 0.6) is 0 Å². The minimum absolute atomic E-state index is 0.102. The summed E-state index contributed by atoms with van der Waals surface area (Å²) in [4.78, 5) is 18.9. The molecule has 1 aromatic carbocycles. The van der Waals surface area contributed by atoms with Gasteiger partial charge in [-0.1, -0.05) is 24.3 Å². The smallest absolute Gasteiger partial charge is 0.269 e. The van der Waals surface area contributed by atoms with Crippen molar-refractivity contribution in [1.29, 1.82) is 0 Å². The number of hydrogen-bond donors (Lipinski definition) is 1. The fourth-order valence-electron chi connectivity index (χ4n) is 3.41. The number of anilines is 1. The van der Waals surface area contributed by atoms with Crippen LogP contribution in [0.3, 0.4) is 0 Å². The topological polar surface area (TPSA) is 54.5 Å². The summed E-state index contributed by atoms with van der Waals surface area (Å²) in [6.07, 6.45) is 2.75. The first-order valence-electron chi connectivity index (χ1n) is 8.46. The number of nitrogens with zero attached hydrogens (tertiary/aromatic N) is 2. The maximum absolute atomic E-state index is 12.4. The third kappa shape index (κ3) is 2.99. The van der Waals surface area contributed by atoms with E-state index in [1.165, 1.54) is 11.1 Å². The van der Waals surface area contributed by atoms with E-state index in [0.29, 0.717) is 18.2 Å². The standard InChI is InChI=1S/C19H21N3O2/c23-19(21-13-15-11-14-3-1-2-4-17(14)15)18-12-16(5-6-20-18)22-7-9-24-10-8-22/h1-6,12,15H,7-11,13H2,(H,21,23). The molecule has 1 N–H and O–H groups in total. The first-order chi connectivity index (χ1) is 11.8. The van der Waals surface area contributed by atoms with Gasteiger partial charge in [-0.05, 0) is 29.7 Å². The number of pyridine rings is 1. The van der Waals surface area contributed by atoms with E-state index < -0.39 is 0 Å².